The molecule has 0 saturated carbocycles. The van der Waals surface area contributed by atoms with Crippen molar-refractivity contribution in [1.82, 2.24) is 25.6 Å². The van der Waals surface area contributed by atoms with Crippen molar-refractivity contribution in [3.63, 3.8) is 0 Å². The van der Waals surface area contributed by atoms with Crippen LogP contribution in [-0.2, 0) is 11.3 Å². The molecule has 0 unspecified atom stereocenters. The lowest BCUT2D eigenvalue weighted by Gasteiger charge is -2.22. The zero-order valence-electron chi connectivity index (χ0n) is 15.0. The summed E-state index contributed by atoms with van der Waals surface area (Å²) in [5.41, 5.74) is 1.34. The summed E-state index contributed by atoms with van der Waals surface area (Å²) in [6.07, 6.45) is 3.74. The lowest BCUT2D eigenvalue weighted by molar-refractivity contribution is 0.0946. The molecule has 1 fully saturated rings. The number of hydrogen-bond acceptors (Lipinski definition) is 6. The van der Waals surface area contributed by atoms with E-state index >= 15 is 0 Å². The number of hydrogen-bond donors (Lipinski definition) is 2. The number of piperidine rings is 1. The average molecular weight is 359 g/mol. The van der Waals surface area contributed by atoms with Crippen LogP contribution < -0.4 is 15.4 Å². The predicted molar refractivity (Wildman–Crippen MR) is 96.1 cm³/mol. The summed E-state index contributed by atoms with van der Waals surface area (Å²) >= 11 is 0. The van der Waals surface area contributed by atoms with Gasteiger partial charge in [-0.05, 0) is 43.6 Å². The Morgan fingerprint density at radius 3 is 2.77 bits per heavy atom. The SMILES string of the molecule is COCCOc1ccc(CNC(=O)c2cn(C3CCNCC3)nn2)cc1. The molecule has 0 spiro atoms. The molecule has 1 aliphatic heterocycles. The van der Waals surface area contributed by atoms with E-state index in [0.717, 1.165) is 37.2 Å². The van der Waals surface area contributed by atoms with E-state index < -0.39 is 0 Å². The second-order valence-electron chi connectivity index (χ2n) is 6.23. The van der Waals surface area contributed by atoms with Gasteiger partial charge in [0.15, 0.2) is 5.69 Å². The molecule has 0 radical (unpaired) electrons. The van der Waals surface area contributed by atoms with Crippen molar-refractivity contribution in [2.24, 2.45) is 0 Å². The lowest BCUT2D eigenvalue weighted by Crippen LogP contribution is -2.29. The third-order valence-electron chi connectivity index (χ3n) is 4.36. The first-order chi connectivity index (χ1) is 12.8. The van der Waals surface area contributed by atoms with Crippen LogP contribution in [0.3, 0.4) is 0 Å². The van der Waals surface area contributed by atoms with Crippen LogP contribution in [0.15, 0.2) is 30.5 Å². The first-order valence-corrected chi connectivity index (χ1v) is 8.87. The van der Waals surface area contributed by atoms with Crippen molar-refractivity contribution in [3.8, 4) is 5.75 Å². The molecule has 0 bridgehead atoms. The minimum Gasteiger partial charge on any atom is -0.491 e. The van der Waals surface area contributed by atoms with Gasteiger partial charge in [0, 0.05) is 13.7 Å². The number of nitrogens with zero attached hydrogens (tertiary/aromatic N) is 3. The predicted octanol–water partition coefficient (Wildman–Crippen LogP) is 1.16. The highest BCUT2D eigenvalue weighted by atomic mass is 16.5. The van der Waals surface area contributed by atoms with Crippen LogP contribution in [-0.4, -0.2) is 54.3 Å². The molecule has 1 amide bonds. The second kappa shape index (κ2) is 9.30. The Balaban J connectivity index is 1.48. The fraction of sp³-hybridized carbons (Fsp3) is 0.500. The highest BCUT2D eigenvalue weighted by Crippen LogP contribution is 2.17. The summed E-state index contributed by atoms with van der Waals surface area (Å²) in [4.78, 5) is 12.3. The Labute approximate surface area is 152 Å². The summed E-state index contributed by atoms with van der Waals surface area (Å²) in [5, 5.41) is 14.3. The molecule has 1 aliphatic rings. The van der Waals surface area contributed by atoms with Crippen molar-refractivity contribution in [2.45, 2.75) is 25.4 Å². The topological polar surface area (TPSA) is 90.3 Å². The number of rotatable bonds is 8. The summed E-state index contributed by atoms with van der Waals surface area (Å²) in [6.45, 7) is 3.43. The number of aromatic nitrogens is 3. The fourth-order valence-corrected chi connectivity index (χ4v) is 2.85. The molecule has 1 aromatic heterocycles. The summed E-state index contributed by atoms with van der Waals surface area (Å²) < 4.78 is 12.3. The first kappa shape index (κ1) is 18.3. The number of carbonyl (C=O) groups is 1. The monoisotopic (exact) mass is 359 g/mol. The van der Waals surface area contributed by atoms with Crippen LogP contribution in [0.2, 0.25) is 0 Å². The zero-order valence-corrected chi connectivity index (χ0v) is 15.0. The number of ether oxygens (including phenoxy) is 2. The van der Waals surface area contributed by atoms with Gasteiger partial charge in [-0.2, -0.15) is 0 Å². The second-order valence-corrected chi connectivity index (χ2v) is 6.23. The van der Waals surface area contributed by atoms with Crippen molar-refractivity contribution in [1.29, 1.82) is 0 Å². The Morgan fingerprint density at radius 2 is 2.04 bits per heavy atom. The van der Waals surface area contributed by atoms with Crippen molar-refractivity contribution >= 4 is 5.91 Å². The van der Waals surface area contributed by atoms with Gasteiger partial charge in [0.2, 0.25) is 0 Å². The van der Waals surface area contributed by atoms with Crippen molar-refractivity contribution in [3.05, 3.63) is 41.7 Å². The van der Waals surface area contributed by atoms with E-state index in [9.17, 15) is 4.79 Å². The first-order valence-electron chi connectivity index (χ1n) is 8.87. The van der Waals surface area contributed by atoms with Gasteiger partial charge < -0.3 is 20.1 Å². The van der Waals surface area contributed by atoms with Crippen LogP contribution in [0.4, 0.5) is 0 Å². The maximum atomic E-state index is 12.3. The van der Waals surface area contributed by atoms with E-state index in [4.69, 9.17) is 9.47 Å². The maximum Gasteiger partial charge on any atom is 0.273 e. The average Bonchev–Trinajstić information content (AvgIpc) is 3.18. The van der Waals surface area contributed by atoms with E-state index in [1.807, 2.05) is 28.9 Å². The van der Waals surface area contributed by atoms with Crippen LogP contribution in [0.5, 0.6) is 5.75 Å². The van der Waals surface area contributed by atoms with E-state index in [1.54, 1.807) is 13.3 Å². The molecule has 2 heterocycles. The molecule has 140 valence electrons. The number of methoxy groups -OCH3 is 1. The smallest absolute Gasteiger partial charge is 0.273 e. The normalized spacial score (nSPS) is 15.0. The molecule has 8 heteroatoms. The minimum atomic E-state index is -0.217. The van der Waals surface area contributed by atoms with Gasteiger partial charge in [0.05, 0.1) is 18.8 Å². The Hall–Kier alpha value is -2.45. The number of amides is 1. The van der Waals surface area contributed by atoms with E-state index in [-0.39, 0.29) is 5.91 Å². The molecule has 8 nitrogen and oxygen atoms in total. The standard InChI is InChI=1S/C18H25N5O3/c1-25-10-11-26-16-4-2-14(3-5-16)12-20-18(24)17-13-23(22-21-17)15-6-8-19-9-7-15/h2-5,13,15,19H,6-12H2,1H3,(H,20,24). The molecule has 0 atom stereocenters. The molecule has 3 rings (SSSR count). The van der Waals surface area contributed by atoms with Gasteiger partial charge in [-0.25, -0.2) is 4.68 Å². The molecule has 1 saturated heterocycles. The number of benzene rings is 1. The highest BCUT2D eigenvalue weighted by molar-refractivity contribution is 5.91. The van der Waals surface area contributed by atoms with Crippen LogP contribution in [0.1, 0.15) is 34.9 Å². The maximum absolute atomic E-state index is 12.3. The molecule has 1 aromatic carbocycles. The highest BCUT2D eigenvalue weighted by Gasteiger charge is 2.18. The minimum absolute atomic E-state index is 0.217. The van der Waals surface area contributed by atoms with Gasteiger partial charge in [0.1, 0.15) is 12.4 Å². The molecular formula is C18H25N5O3. The van der Waals surface area contributed by atoms with Gasteiger partial charge >= 0.3 is 0 Å². The summed E-state index contributed by atoms with van der Waals surface area (Å²) in [5.74, 6) is 0.563. The van der Waals surface area contributed by atoms with Crippen molar-refractivity contribution in [2.75, 3.05) is 33.4 Å². The van der Waals surface area contributed by atoms with Crippen LogP contribution in [0, 0.1) is 0 Å². The Bertz CT molecular complexity index is 695. The van der Waals surface area contributed by atoms with Crippen LogP contribution in [0.25, 0.3) is 0 Å². The molecule has 26 heavy (non-hydrogen) atoms. The van der Waals surface area contributed by atoms with Crippen molar-refractivity contribution < 1.29 is 14.3 Å². The molecular weight excluding hydrogens is 334 g/mol. The molecule has 2 N–H and O–H groups in total. The third kappa shape index (κ3) is 5.03. The summed E-state index contributed by atoms with van der Waals surface area (Å²) in [6, 6.07) is 7.92. The Kier molecular flexibility index (Phi) is 6.56. The fourth-order valence-electron chi connectivity index (χ4n) is 2.85. The number of nitrogens with one attached hydrogen (secondary N) is 2. The molecule has 2 aromatic rings. The van der Waals surface area contributed by atoms with E-state index in [0.29, 0.717) is 31.5 Å². The van der Waals surface area contributed by atoms with E-state index in [2.05, 4.69) is 20.9 Å². The van der Waals surface area contributed by atoms with Gasteiger partial charge in [-0.15, -0.1) is 5.10 Å². The number of carbonyl (C=O) groups excluding carboxylic acids is 1. The zero-order chi connectivity index (χ0) is 18.2. The Morgan fingerprint density at radius 1 is 1.27 bits per heavy atom. The third-order valence-corrected chi connectivity index (χ3v) is 4.36. The van der Waals surface area contributed by atoms with Gasteiger partial charge in [-0.3, -0.25) is 4.79 Å². The lowest BCUT2D eigenvalue weighted by atomic mass is 10.1. The quantitative estimate of drug-likeness (QED) is 0.688. The van der Waals surface area contributed by atoms with Gasteiger partial charge in [-0.1, -0.05) is 17.3 Å². The van der Waals surface area contributed by atoms with Gasteiger partial charge in [0.25, 0.3) is 5.91 Å². The molecule has 0 aliphatic carbocycles. The summed E-state index contributed by atoms with van der Waals surface area (Å²) in [7, 11) is 1.64. The van der Waals surface area contributed by atoms with Crippen LogP contribution >= 0.6 is 0 Å². The largest absolute Gasteiger partial charge is 0.491 e. The van der Waals surface area contributed by atoms with E-state index in [1.165, 1.54) is 0 Å².